The molecular weight excluding hydrogens is 412 g/mol. The quantitative estimate of drug-likeness (QED) is 0.328. The van der Waals surface area contributed by atoms with Gasteiger partial charge in [0.05, 0.1) is 25.3 Å². The fraction of sp³-hybridized carbons (Fsp3) is 0.333. The third kappa shape index (κ3) is 4.80. The summed E-state index contributed by atoms with van der Waals surface area (Å²) in [6.07, 6.45) is 0. The second-order valence-electron chi connectivity index (χ2n) is 8.18. The topological polar surface area (TPSA) is 102 Å². The maximum Gasteiger partial charge on any atom is 0.407 e. The van der Waals surface area contributed by atoms with Crippen LogP contribution in [0.1, 0.15) is 59.8 Å². The number of esters is 2. The molecule has 1 aromatic heterocycles. The third-order valence-corrected chi connectivity index (χ3v) is 4.93. The van der Waals surface area contributed by atoms with Crippen LogP contribution < -0.4 is 9.47 Å². The Bertz CT molecular complexity index is 1150. The number of carbonyl (C=O) groups excluding carboxylic acids is 2. The molecule has 0 radical (unpaired) electrons. The van der Waals surface area contributed by atoms with Crippen molar-refractivity contribution in [2.24, 2.45) is 0 Å². The van der Waals surface area contributed by atoms with Crippen LogP contribution in [0.3, 0.4) is 0 Å². The summed E-state index contributed by atoms with van der Waals surface area (Å²) in [6, 6.07) is 11.8. The predicted molar refractivity (Wildman–Crippen MR) is 117 cm³/mol. The molecule has 0 aliphatic rings. The second kappa shape index (κ2) is 9.21. The van der Waals surface area contributed by atoms with Crippen LogP contribution in [0, 0.1) is 5.21 Å². The number of nitrogens with zero attached hydrogens (tertiary/aromatic N) is 2. The monoisotopic (exact) mass is 438 g/mol. The number of benzene rings is 2. The molecule has 0 amide bonds. The van der Waals surface area contributed by atoms with E-state index in [0.29, 0.717) is 21.6 Å². The fourth-order valence-electron chi connectivity index (χ4n) is 3.15. The van der Waals surface area contributed by atoms with E-state index in [9.17, 15) is 14.8 Å². The first-order valence-electron chi connectivity index (χ1n) is 10.2. The van der Waals surface area contributed by atoms with Gasteiger partial charge in [-0.1, -0.05) is 32.9 Å². The Morgan fingerprint density at radius 3 is 2.31 bits per heavy atom. The Morgan fingerprint density at radius 1 is 1.03 bits per heavy atom. The summed E-state index contributed by atoms with van der Waals surface area (Å²) in [6.45, 7) is 7.58. The number of hydrogen-bond donors (Lipinski definition) is 0. The first kappa shape index (κ1) is 23.0. The zero-order chi connectivity index (χ0) is 23.5. The molecule has 0 spiro atoms. The molecule has 0 saturated heterocycles. The van der Waals surface area contributed by atoms with Crippen LogP contribution in [-0.2, 0) is 21.5 Å². The molecule has 0 atom stereocenters. The zero-order valence-electron chi connectivity index (χ0n) is 18.8. The molecular formula is C24H26N2O6. The Kier molecular flexibility index (Phi) is 6.62. The van der Waals surface area contributed by atoms with Gasteiger partial charge in [-0.25, -0.2) is 14.6 Å². The smallest absolute Gasteiger partial charge is 0.407 e. The number of carbonyl (C=O) groups is 2. The van der Waals surface area contributed by atoms with Crippen LogP contribution in [-0.4, -0.2) is 30.6 Å². The summed E-state index contributed by atoms with van der Waals surface area (Å²) in [7, 11) is 1.47. The molecule has 3 aromatic rings. The number of aromatic nitrogens is 2. The van der Waals surface area contributed by atoms with Crippen molar-refractivity contribution < 1.29 is 28.5 Å². The molecule has 2 aromatic carbocycles. The molecule has 32 heavy (non-hydrogen) atoms. The van der Waals surface area contributed by atoms with Crippen LogP contribution in [0.25, 0.3) is 11.0 Å². The second-order valence-corrected chi connectivity index (χ2v) is 8.18. The Balaban J connectivity index is 1.92. The van der Waals surface area contributed by atoms with Gasteiger partial charge >= 0.3 is 17.6 Å². The summed E-state index contributed by atoms with van der Waals surface area (Å²) in [5.41, 5.74) is 1.54. The number of ether oxygens (including phenoxy) is 3. The first-order valence-corrected chi connectivity index (χ1v) is 10.2. The lowest BCUT2D eigenvalue weighted by Gasteiger charge is -2.19. The number of fused-ring (bicyclic) bond motifs is 1. The fourth-order valence-corrected chi connectivity index (χ4v) is 3.15. The summed E-state index contributed by atoms with van der Waals surface area (Å²) in [5, 5.41) is 13.0. The Morgan fingerprint density at radius 2 is 1.72 bits per heavy atom. The third-order valence-electron chi connectivity index (χ3n) is 4.93. The average molecular weight is 438 g/mol. The molecule has 0 N–H and O–H groups in total. The predicted octanol–water partition coefficient (Wildman–Crippen LogP) is 3.71. The van der Waals surface area contributed by atoms with E-state index in [1.807, 2.05) is 12.1 Å². The minimum absolute atomic E-state index is 0.00998. The van der Waals surface area contributed by atoms with Crippen molar-refractivity contribution in [1.29, 1.82) is 0 Å². The van der Waals surface area contributed by atoms with E-state index in [2.05, 4.69) is 25.8 Å². The van der Waals surface area contributed by atoms with Crippen LogP contribution in [0.4, 0.5) is 0 Å². The van der Waals surface area contributed by atoms with Gasteiger partial charge in [-0.3, -0.25) is 0 Å². The lowest BCUT2D eigenvalue weighted by atomic mass is 9.87. The summed E-state index contributed by atoms with van der Waals surface area (Å²) in [4.78, 5) is 29.4. The Hall–Kier alpha value is -3.68. The highest BCUT2D eigenvalue weighted by Crippen LogP contribution is 2.23. The number of rotatable bonds is 6. The van der Waals surface area contributed by atoms with E-state index in [4.69, 9.17) is 14.2 Å². The molecule has 0 saturated carbocycles. The normalized spacial score (nSPS) is 11.3. The van der Waals surface area contributed by atoms with Crippen molar-refractivity contribution in [3.05, 3.63) is 70.2 Å². The minimum Gasteiger partial charge on any atom is -0.618 e. The molecule has 0 aliphatic carbocycles. The van der Waals surface area contributed by atoms with Gasteiger partial charge in [0, 0.05) is 0 Å². The average Bonchev–Trinajstić information content (AvgIpc) is 2.77. The van der Waals surface area contributed by atoms with Crippen molar-refractivity contribution in [3.8, 4) is 5.75 Å². The van der Waals surface area contributed by atoms with E-state index in [0.717, 1.165) is 5.56 Å². The lowest BCUT2D eigenvalue weighted by Crippen LogP contribution is -2.39. The minimum atomic E-state index is -0.847. The first-order chi connectivity index (χ1) is 15.2. The molecule has 0 unspecified atom stereocenters. The molecule has 0 aliphatic heterocycles. The van der Waals surface area contributed by atoms with E-state index in [1.54, 1.807) is 31.2 Å². The maximum atomic E-state index is 13.0. The van der Waals surface area contributed by atoms with Gasteiger partial charge in [-0.15, -0.1) is 0 Å². The van der Waals surface area contributed by atoms with Crippen molar-refractivity contribution in [2.45, 2.75) is 39.7 Å². The van der Waals surface area contributed by atoms with Crippen molar-refractivity contribution in [2.75, 3.05) is 13.7 Å². The molecule has 168 valence electrons. The SMILES string of the molecule is CCOC(=O)c1c(COC(=O)c2ccc(C(C)(C)C)cc2)nc2ccc(OC)cc2[n+]1[O-]. The largest absolute Gasteiger partial charge is 0.618 e. The van der Waals surface area contributed by atoms with Crippen LogP contribution in [0.2, 0.25) is 0 Å². The van der Waals surface area contributed by atoms with E-state index < -0.39 is 11.9 Å². The van der Waals surface area contributed by atoms with E-state index in [1.165, 1.54) is 13.2 Å². The van der Waals surface area contributed by atoms with Crippen LogP contribution >= 0.6 is 0 Å². The van der Waals surface area contributed by atoms with Gasteiger partial charge in [-0.05, 0) is 42.2 Å². The van der Waals surface area contributed by atoms with Gasteiger partial charge in [0.1, 0.15) is 17.9 Å². The molecule has 8 nitrogen and oxygen atoms in total. The van der Waals surface area contributed by atoms with E-state index in [-0.39, 0.29) is 35.5 Å². The number of hydrogen-bond acceptors (Lipinski definition) is 7. The van der Waals surface area contributed by atoms with Gasteiger partial charge < -0.3 is 19.4 Å². The lowest BCUT2D eigenvalue weighted by molar-refractivity contribution is -0.581. The van der Waals surface area contributed by atoms with E-state index >= 15 is 0 Å². The summed E-state index contributed by atoms with van der Waals surface area (Å²) in [5.74, 6) is -0.994. The summed E-state index contributed by atoms with van der Waals surface area (Å²) < 4.78 is 16.0. The molecule has 8 heteroatoms. The maximum absolute atomic E-state index is 13.0. The highest BCUT2D eigenvalue weighted by Gasteiger charge is 2.29. The van der Waals surface area contributed by atoms with Gasteiger partial charge in [0.15, 0.2) is 5.69 Å². The molecule has 0 fully saturated rings. The Labute approximate surface area is 186 Å². The highest BCUT2D eigenvalue weighted by atomic mass is 16.5. The van der Waals surface area contributed by atoms with Gasteiger partial charge in [0.2, 0.25) is 5.52 Å². The molecule has 3 rings (SSSR count). The molecule has 1 heterocycles. The number of methoxy groups -OCH3 is 1. The van der Waals surface area contributed by atoms with Crippen molar-refractivity contribution in [1.82, 2.24) is 4.98 Å². The molecule has 0 bridgehead atoms. The van der Waals surface area contributed by atoms with Crippen molar-refractivity contribution >= 4 is 23.0 Å². The zero-order valence-corrected chi connectivity index (χ0v) is 18.8. The van der Waals surface area contributed by atoms with Gasteiger partial charge in [-0.2, -0.15) is 4.73 Å². The van der Waals surface area contributed by atoms with Gasteiger partial charge in [0.25, 0.3) is 0 Å². The van der Waals surface area contributed by atoms with Crippen molar-refractivity contribution in [3.63, 3.8) is 0 Å². The van der Waals surface area contributed by atoms with Crippen LogP contribution in [0.5, 0.6) is 5.75 Å². The van der Waals surface area contributed by atoms with Crippen LogP contribution in [0.15, 0.2) is 42.5 Å². The standard InChI is InChI=1S/C24H26N2O6/c1-6-31-23(28)21-19(25-18-12-11-17(30-5)13-20(18)26(21)29)14-32-22(27)15-7-9-16(10-8-15)24(2,3)4/h7-13H,6,14H2,1-5H3. The summed E-state index contributed by atoms with van der Waals surface area (Å²) >= 11 is 0. The highest BCUT2D eigenvalue weighted by molar-refractivity contribution is 5.90.